The molecule has 0 radical (unpaired) electrons. The fraction of sp³-hybridized carbons (Fsp3) is 0.438. The predicted molar refractivity (Wildman–Crippen MR) is 99.5 cm³/mol. The number of hydrogen-bond acceptors (Lipinski definition) is 7. The maximum Gasteiger partial charge on any atom is 0.421 e. The predicted octanol–water partition coefficient (Wildman–Crippen LogP) is 0.0796. The third-order valence-corrected chi connectivity index (χ3v) is 5.59. The van der Waals surface area contributed by atoms with E-state index in [1.165, 1.54) is 10.6 Å². The minimum atomic E-state index is -4.16. The number of aryl methyl sites for hydroxylation is 1. The Balaban J connectivity index is 1.66. The van der Waals surface area contributed by atoms with Gasteiger partial charge in [-0.25, -0.2) is 9.78 Å². The molecule has 146 valence electrons. The Hall–Kier alpha value is -2.66. The largest absolute Gasteiger partial charge is 0.421 e. The maximum atomic E-state index is 11.8. The van der Waals surface area contributed by atoms with Gasteiger partial charge in [0.05, 0.1) is 0 Å². The summed E-state index contributed by atoms with van der Waals surface area (Å²) in [5.41, 5.74) is 6.22. The molecule has 27 heavy (non-hydrogen) atoms. The quantitative estimate of drug-likeness (QED) is 0.731. The third kappa shape index (κ3) is 4.37. The van der Waals surface area contributed by atoms with E-state index in [0.29, 0.717) is 5.65 Å². The highest BCUT2D eigenvalue weighted by atomic mass is 32.2. The summed E-state index contributed by atoms with van der Waals surface area (Å²) in [6.45, 7) is 1.63. The Kier molecular flexibility index (Phi) is 5.33. The number of primary amides is 1. The lowest BCUT2D eigenvalue weighted by molar-refractivity contribution is 0.211. The van der Waals surface area contributed by atoms with E-state index in [0.717, 1.165) is 37.0 Å². The SMILES string of the molecule is Cn1c(=O)ccc2c(N3CCC(CNS(=O)(=O)OC(N)=O)CC3)ccnc21. The van der Waals surface area contributed by atoms with Crippen molar-refractivity contribution in [2.75, 3.05) is 24.5 Å². The van der Waals surface area contributed by atoms with Crippen molar-refractivity contribution in [3.05, 3.63) is 34.7 Å². The summed E-state index contributed by atoms with van der Waals surface area (Å²) in [6, 6.07) is 5.21. The van der Waals surface area contributed by atoms with Gasteiger partial charge in [0.1, 0.15) is 5.65 Å². The van der Waals surface area contributed by atoms with Gasteiger partial charge in [0.15, 0.2) is 0 Å². The first-order valence-corrected chi connectivity index (χ1v) is 9.86. The van der Waals surface area contributed by atoms with Gasteiger partial charge in [-0.2, -0.15) is 13.1 Å². The summed E-state index contributed by atoms with van der Waals surface area (Å²) in [7, 11) is -2.47. The first kappa shape index (κ1) is 19.1. The number of pyridine rings is 2. The van der Waals surface area contributed by atoms with Gasteiger partial charge in [-0.1, -0.05) is 0 Å². The molecule has 1 aliphatic rings. The summed E-state index contributed by atoms with van der Waals surface area (Å²) in [5.74, 6) is 0.116. The van der Waals surface area contributed by atoms with E-state index in [9.17, 15) is 18.0 Å². The van der Waals surface area contributed by atoms with Crippen LogP contribution in [0.3, 0.4) is 0 Å². The molecule has 10 nitrogen and oxygen atoms in total. The Morgan fingerprint density at radius 1 is 1.33 bits per heavy atom. The van der Waals surface area contributed by atoms with Gasteiger partial charge >= 0.3 is 16.4 Å². The number of amides is 1. The van der Waals surface area contributed by atoms with Gasteiger partial charge in [0.2, 0.25) is 0 Å². The highest BCUT2D eigenvalue weighted by Crippen LogP contribution is 2.28. The molecule has 1 amide bonds. The minimum absolute atomic E-state index is 0.115. The zero-order valence-corrected chi connectivity index (χ0v) is 15.6. The number of anilines is 1. The molecule has 0 atom stereocenters. The second-order valence-electron chi connectivity index (χ2n) is 6.43. The van der Waals surface area contributed by atoms with Gasteiger partial charge in [-0.15, -0.1) is 0 Å². The fourth-order valence-corrected chi connectivity index (χ4v) is 3.98. The summed E-state index contributed by atoms with van der Waals surface area (Å²) in [4.78, 5) is 28.9. The van der Waals surface area contributed by atoms with E-state index in [1.54, 1.807) is 19.3 Å². The molecule has 0 aliphatic carbocycles. The van der Waals surface area contributed by atoms with E-state index in [2.05, 4.69) is 18.8 Å². The van der Waals surface area contributed by atoms with E-state index >= 15 is 0 Å². The molecular weight excluding hydrogens is 374 g/mol. The number of nitrogens with zero attached hydrogens (tertiary/aromatic N) is 3. The number of rotatable bonds is 5. The number of hydrogen-bond donors (Lipinski definition) is 2. The third-order valence-electron chi connectivity index (χ3n) is 4.68. The number of piperidine rings is 1. The van der Waals surface area contributed by atoms with Crippen LogP contribution in [-0.4, -0.2) is 43.7 Å². The number of nitrogens with two attached hydrogens (primary N) is 1. The average molecular weight is 395 g/mol. The molecule has 0 spiro atoms. The molecular formula is C16H21N5O5S. The Morgan fingerprint density at radius 3 is 2.70 bits per heavy atom. The number of carbonyl (C=O) groups excluding carboxylic acids is 1. The van der Waals surface area contributed by atoms with Gasteiger partial charge in [-0.3, -0.25) is 9.36 Å². The molecule has 0 aromatic carbocycles. The van der Waals surface area contributed by atoms with E-state index in [-0.39, 0.29) is 18.0 Å². The summed E-state index contributed by atoms with van der Waals surface area (Å²) < 4.78 is 30.8. The van der Waals surface area contributed by atoms with Crippen LogP contribution in [0.15, 0.2) is 29.2 Å². The van der Waals surface area contributed by atoms with Gasteiger partial charge in [-0.05, 0) is 30.9 Å². The monoisotopic (exact) mass is 395 g/mol. The van der Waals surface area contributed by atoms with Gasteiger partial charge < -0.3 is 14.8 Å². The molecule has 11 heteroatoms. The van der Waals surface area contributed by atoms with Crippen molar-refractivity contribution in [1.82, 2.24) is 14.3 Å². The standard InChI is InChI=1S/C16H21N5O5S/c1-20-14(22)3-2-12-13(4-7-18-15(12)20)21-8-5-11(6-9-21)10-19-27(24,25)26-16(17)23/h2-4,7,11,19H,5-6,8-10H2,1H3,(H2,17,23). The van der Waals surface area contributed by atoms with Crippen molar-refractivity contribution in [3.8, 4) is 0 Å². The number of carbonyl (C=O) groups is 1. The molecule has 2 aromatic heterocycles. The molecule has 0 unspecified atom stereocenters. The Bertz CT molecular complexity index is 1010. The zero-order valence-electron chi connectivity index (χ0n) is 14.8. The van der Waals surface area contributed by atoms with Crippen molar-refractivity contribution in [3.63, 3.8) is 0 Å². The van der Waals surface area contributed by atoms with Crippen molar-refractivity contribution < 1.29 is 17.4 Å². The van der Waals surface area contributed by atoms with Crippen LogP contribution >= 0.6 is 0 Å². The number of aromatic nitrogens is 2. The molecule has 2 aromatic rings. The lowest BCUT2D eigenvalue weighted by Gasteiger charge is -2.34. The van der Waals surface area contributed by atoms with Crippen LogP contribution in [0.25, 0.3) is 11.0 Å². The van der Waals surface area contributed by atoms with Crippen molar-refractivity contribution in [1.29, 1.82) is 0 Å². The van der Waals surface area contributed by atoms with E-state index < -0.39 is 16.4 Å². The Labute approximate surface area is 156 Å². The highest BCUT2D eigenvalue weighted by Gasteiger charge is 2.23. The lowest BCUT2D eigenvalue weighted by atomic mass is 9.96. The van der Waals surface area contributed by atoms with Gasteiger partial charge in [0.25, 0.3) is 5.56 Å². The van der Waals surface area contributed by atoms with Crippen LogP contribution < -0.4 is 20.9 Å². The summed E-state index contributed by atoms with van der Waals surface area (Å²) in [6.07, 6.45) is 1.83. The summed E-state index contributed by atoms with van der Waals surface area (Å²) >= 11 is 0. The minimum Gasteiger partial charge on any atom is -0.371 e. The molecule has 1 fully saturated rings. The highest BCUT2D eigenvalue weighted by molar-refractivity contribution is 7.85. The molecule has 1 aliphatic heterocycles. The van der Waals surface area contributed by atoms with E-state index in [1.807, 2.05) is 6.07 Å². The van der Waals surface area contributed by atoms with Crippen molar-refractivity contribution in [2.24, 2.45) is 18.7 Å². The first-order chi connectivity index (χ1) is 12.8. The zero-order chi connectivity index (χ0) is 19.6. The molecule has 1 saturated heterocycles. The van der Waals surface area contributed by atoms with Crippen LogP contribution in [0, 0.1) is 5.92 Å². The van der Waals surface area contributed by atoms with Crippen LogP contribution in [0.4, 0.5) is 10.5 Å². The summed E-state index contributed by atoms with van der Waals surface area (Å²) in [5, 5.41) is 0.897. The first-order valence-electron chi connectivity index (χ1n) is 8.45. The molecule has 0 bridgehead atoms. The van der Waals surface area contributed by atoms with Crippen molar-refractivity contribution >= 4 is 33.1 Å². The van der Waals surface area contributed by atoms with Crippen molar-refractivity contribution in [2.45, 2.75) is 12.8 Å². The molecule has 3 heterocycles. The fourth-order valence-electron chi connectivity index (χ4n) is 3.26. The van der Waals surface area contributed by atoms with E-state index in [4.69, 9.17) is 5.73 Å². The normalized spacial score (nSPS) is 15.8. The van der Waals surface area contributed by atoms with Gasteiger partial charge in [0, 0.05) is 50.0 Å². The second kappa shape index (κ2) is 7.53. The molecule has 3 N–H and O–H groups in total. The topological polar surface area (TPSA) is 137 Å². The second-order valence-corrected chi connectivity index (χ2v) is 7.80. The number of nitrogens with one attached hydrogen (secondary N) is 1. The van der Waals surface area contributed by atoms with Crippen LogP contribution in [0.2, 0.25) is 0 Å². The smallest absolute Gasteiger partial charge is 0.371 e. The lowest BCUT2D eigenvalue weighted by Crippen LogP contribution is -2.40. The Morgan fingerprint density at radius 2 is 2.04 bits per heavy atom. The van der Waals surface area contributed by atoms with Crippen LogP contribution in [0.1, 0.15) is 12.8 Å². The average Bonchev–Trinajstić information content (AvgIpc) is 2.62. The van der Waals surface area contributed by atoms with Crippen LogP contribution in [0.5, 0.6) is 0 Å². The van der Waals surface area contributed by atoms with Crippen LogP contribution in [-0.2, 0) is 21.5 Å². The number of fused-ring (bicyclic) bond motifs is 1. The molecule has 0 saturated carbocycles. The maximum absolute atomic E-state index is 11.8. The molecule has 3 rings (SSSR count).